The molecule has 0 aliphatic heterocycles. The highest BCUT2D eigenvalue weighted by Crippen LogP contribution is 2.12. The number of sulfonamides is 1. The van der Waals surface area contributed by atoms with E-state index in [0.717, 1.165) is 16.6 Å². The molecule has 164 valence electrons. The second-order valence-electron chi connectivity index (χ2n) is 7.04. The van der Waals surface area contributed by atoms with Crippen LogP contribution in [-0.2, 0) is 26.2 Å². The van der Waals surface area contributed by atoms with Gasteiger partial charge in [0.05, 0.1) is 35.3 Å². The van der Waals surface area contributed by atoms with E-state index in [1.165, 1.54) is 12.1 Å². The molecule has 0 bridgehead atoms. The number of aryl methyl sites for hydroxylation is 2. The van der Waals surface area contributed by atoms with Crippen LogP contribution in [0, 0.1) is 6.92 Å². The molecule has 3 N–H and O–H groups in total. The van der Waals surface area contributed by atoms with Crippen LogP contribution in [0.15, 0.2) is 59.8 Å². The monoisotopic (exact) mass is 443 g/mol. The Morgan fingerprint density at radius 3 is 2.45 bits per heavy atom. The first-order valence-corrected chi connectivity index (χ1v) is 11.3. The highest BCUT2D eigenvalue weighted by atomic mass is 32.2. The SMILES string of the molecule is Cc1ccc(S(=O)(=O)NCC(=O)NCC(=O)NCCCn2cnc3ccccc32)cc1. The Morgan fingerprint density at radius 2 is 1.68 bits per heavy atom. The third kappa shape index (κ3) is 6.37. The topological polar surface area (TPSA) is 122 Å². The van der Waals surface area contributed by atoms with Gasteiger partial charge in [-0.05, 0) is 37.6 Å². The molecule has 0 spiro atoms. The number of carbonyl (C=O) groups is 2. The summed E-state index contributed by atoms with van der Waals surface area (Å²) in [6.07, 6.45) is 2.47. The Balaban J connectivity index is 1.33. The van der Waals surface area contributed by atoms with Crippen molar-refractivity contribution >= 4 is 32.9 Å². The van der Waals surface area contributed by atoms with E-state index in [1.54, 1.807) is 18.5 Å². The summed E-state index contributed by atoms with van der Waals surface area (Å²) in [6, 6.07) is 14.1. The van der Waals surface area contributed by atoms with Crippen molar-refractivity contribution < 1.29 is 18.0 Å². The molecule has 10 heteroatoms. The van der Waals surface area contributed by atoms with Crippen molar-refractivity contribution in [2.45, 2.75) is 24.8 Å². The predicted octanol–water partition coefficient (Wildman–Crippen LogP) is 0.946. The van der Waals surface area contributed by atoms with Crippen LogP contribution in [0.3, 0.4) is 0 Å². The minimum Gasteiger partial charge on any atom is -0.355 e. The molecule has 0 radical (unpaired) electrons. The van der Waals surface area contributed by atoms with Crippen LogP contribution in [-0.4, -0.2) is 49.4 Å². The fraction of sp³-hybridized carbons (Fsp3) is 0.286. The summed E-state index contributed by atoms with van der Waals surface area (Å²) in [6.45, 7) is 2.33. The van der Waals surface area contributed by atoms with E-state index in [-0.39, 0.29) is 17.3 Å². The van der Waals surface area contributed by atoms with Gasteiger partial charge in [0.25, 0.3) is 0 Å². The summed E-state index contributed by atoms with van der Waals surface area (Å²) in [4.78, 5) is 28.1. The molecule has 0 atom stereocenters. The maximum absolute atomic E-state index is 12.2. The Kier molecular flexibility index (Phi) is 7.37. The van der Waals surface area contributed by atoms with Gasteiger partial charge in [-0.15, -0.1) is 0 Å². The fourth-order valence-corrected chi connectivity index (χ4v) is 3.91. The fourth-order valence-electron chi connectivity index (χ4n) is 2.93. The van der Waals surface area contributed by atoms with Crippen molar-refractivity contribution in [3.8, 4) is 0 Å². The summed E-state index contributed by atoms with van der Waals surface area (Å²) in [5.74, 6) is -0.930. The molecule has 0 aliphatic rings. The summed E-state index contributed by atoms with van der Waals surface area (Å²) < 4.78 is 28.6. The number of hydrogen-bond acceptors (Lipinski definition) is 5. The molecule has 1 aromatic heterocycles. The van der Waals surface area contributed by atoms with Crippen LogP contribution >= 0.6 is 0 Å². The van der Waals surface area contributed by atoms with E-state index in [1.807, 2.05) is 35.8 Å². The number of nitrogens with one attached hydrogen (secondary N) is 3. The van der Waals surface area contributed by atoms with E-state index < -0.39 is 22.5 Å². The quantitative estimate of drug-likeness (QED) is 0.403. The first kappa shape index (κ1) is 22.4. The molecule has 3 rings (SSSR count). The minimum atomic E-state index is -3.78. The van der Waals surface area contributed by atoms with Crippen molar-refractivity contribution in [1.82, 2.24) is 24.9 Å². The lowest BCUT2D eigenvalue weighted by Gasteiger charge is -2.09. The van der Waals surface area contributed by atoms with Gasteiger partial charge in [-0.3, -0.25) is 9.59 Å². The maximum atomic E-state index is 12.2. The lowest BCUT2D eigenvalue weighted by molar-refractivity contribution is -0.125. The lowest BCUT2D eigenvalue weighted by Crippen LogP contribution is -2.42. The number of carbonyl (C=O) groups excluding carboxylic acids is 2. The molecule has 0 fully saturated rings. The van der Waals surface area contributed by atoms with Gasteiger partial charge in [0.15, 0.2) is 0 Å². The smallest absolute Gasteiger partial charge is 0.241 e. The van der Waals surface area contributed by atoms with E-state index in [4.69, 9.17) is 0 Å². The predicted molar refractivity (Wildman–Crippen MR) is 117 cm³/mol. The van der Waals surface area contributed by atoms with E-state index in [9.17, 15) is 18.0 Å². The van der Waals surface area contributed by atoms with Crippen LogP contribution < -0.4 is 15.4 Å². The number of aromatic nitrogens is 2. The van der Waals surface area contributed by atoms with Gasteiger partial charge in [0, 0.05) is 13.1 Å². The van der Waals surface area contributed by atoms with Crippen molar-refractivity contribution in [3.63, 3.8) is 0 Å². The van der Waals surface area contributed by atoms with Crippen LogP contribution in [0.1, 0.15) is 12.0 Å². The van der Waals surface area contributed by atoms with E-state index in [0.29, 0.717) is 19.5 Å². The number of amides is 2. The first-order chi connectivity index (χ1) is 14.8. The number of hydrogen-bond donors (Lipinski definition) is 3. The molecule has 0 aliphatic carbocycles. The lowest BCUT2D eigenvalue weighted by atomic mass is 10.2. The third-order valence-corrected chi connectivity index (χ3v) is 6.04. The summed E-state index contributed by atoms with van der Waals surface area (Å²) in [5, 5.41) is 5.13. The van der Waals surface area contributed by atoms with Gasteiger partial charge < -0.3 is 15.2 Å². The van der Waals surface area contributed by atoms with Crippen LogP contribution in [0.5, 0.6) is 0 Å². The molecule has 2 aromatic carbocycles. The molecule has 31 heavy (non-hydrogen) atoms. The van der Waals surface area contributed by atoms with Crippen molar-refractivity contribution in [2.75, 3.05) is 19.6 Å². The van der Waals surface area contributed by atoms with E-state index >= 15 is 0 Å². The average Bonchev–Trinajstić information content (AvgIpc) is 3.17. The van der Waals surface area contributed by atoms with Gasteiger partial charge in [0.2, 0.25) is 21.8 Å². The van der Waals surface area contributed by atoms with Gasteiger partial charge in [-0.1, -0.05) is 29.8 Å². The third-order valence-electron chi connectivity index (χ3n) is 4.63. The zero-order chi connectivity index (χ0) is 22.3. The molecule has 1 heterocycles. The Hall–Kier alpha value is -3.24. The second kappa shape index (κ2) is 10.2. The number of imidazole rings is 1. The summed E-state index contributed by atoms with van der Waals surface area (Å²) in [5.41, 5.74) is 2.89. The van der Waals surface area contributed by atoms with Crippen molar-refractivity contribution in [3.05, 3.63) is 60.4 Å². The number of para-hydroxylation sites is 2. The molecule has 0 saturated carbocycles. The number of benzene rings is 2. The van der Waals surface area contributed by atoms with Gasteiger partial charge in [-0.2, -0.15) is 0 Å². The second-order valence-corrected chi connectivity index (χ2v) is 8.81. The highest BCUT2D eigenvalue weighted by molar-refractivity contribution is 7.89. The van der Waals surface area contributed by atoms with Gasteiger partial charge in [-0.25, -0.2) is 18.1 Å². The van der Waals surface area contributed by atoms with Crippen molar-refractivity contribution in [2.24, 2.45) is 0 Å². The van der Waals surface area contributed by atoms with Gasteiger partial charge in [0.1, 0.15) is 0 Å². The molecular weight excluding hydrogens is 418 g/mol. The average molecular weight is 444 g/mol. The highest BCUT2D eigenvalue weighted by Gasteiger charge is 2.15. The minimum absolute atomic E-state index is 0.0781. The first-order valence-electron chi connectivity index (χ1n) is 9.85. The zero-order valence-corrected chi connectivity index (χ0v) is 18.0. The molecule has 0 unspecified atom stereocenters. The number of nitrogens with zero attached hydrogens (tertiary/aromatic N) is 2. The number of fused-ring (bicyclic) bond motifs is 1. The molecular formula is C21H25N5O4S. The maximum Gasteiger partial charge on any atom is 0.241 e. The molecule has 3 aromatic rings. The standard InChI is InChI=1S/C21H25N5O4S/c1-16-7-9-17(10-8-16)31(29,30)25-14-21(28)23-13-20(27)22-11-4-12-26-15-24-18-5-2-3-6-19(18)26/h2-3,5-10,15,25H,4,11-14H2,1H3,(H,22,27)(H,23,28). The molecule has 9 nitrogen and oxygen atoms in total. The molecule has 0 saturated heterocycles. The van der Waals surface area contributed by atoms with E-state index in [2.05, 4.69) is 20.3 Å². The molecule has 2 amide bonds. The summed E-state index contributed by atoms with van der Waals surface area (Å²) >= 11 is 0. The Bertz CT molecular complexity index is 1160. The van der Waals surface area contributed by atoms with Crippen molar-refractivity contribution in [1.29, 1.82) is 0 Å². The summed E-state index contributed by atoms with van der Waals surface area (Å²) in [7, 11) is -3.78. The Labute approximate surface area is 180 Å². The Morgan fingerprint density at radius 1 is 0.968 bits per heavy atom. The number of rotatable bonds is 10. The van der Waals surface area contributed by atoms with Crippen LogP contribution in [0.25, 0.3) is 11.0 Å². The zero-order valence-electron chi connectivity index (χ0n) is 17.2. The van der Waals surface area contributed by atoms with Crippen LogP contribution in [0.4, 0.5) is 0 Å². The largest absolute Gasteiger partial charge is 0.355 e. The van der Waals surface area contributed by atoms with Crippen LogP contribution in [0.2, 0.25) is 0 Å². The normalized spacial score (nSPS) is 11.4. The van der Waals surface area contributed by atoms with Gasteiger partial charge >= 0.3 is 0 Å².